The minimum absolute atomic E-state index is 0.0219. The van der Waals surface area contributed by atoms with Crippen molar-refractivity contribution in [3.05, 3.63) is 66.2 Å². The quantitative estimate of drug-likeness (QED) is 0.608. The summed E-state index contributed by atoms with van der Waals surface area (Å²) in [5.41, 5.74) is 2.49. The van der Waals surface area contributed by atoms with E-state index in [0.29, 0.717) is 17.1 Å². The third-order valence-electron chi connectivity index (χ3n) is 4.73. The summed E-state index contributed by atoms with van der Waals surface area (Å²) in [6, 6.07) is 13.1. The van der Waals surface area contributed by atoms with Gasteiger partial charge in [-0.1, -0.05) is 12.1 Å². The number of hydrogen-bond acceptors (Lipinski definition) is 5. The van der Waals surface area contributed by atoms with Crippen molar-refractivity contribution in [1.29, 1.82) is 0 Å². The van der Waals surface area contributed by atoms with Crippen LogP contribution >= 0.6 is 0 Å². The first kappa shape index (κ1) is 20.4. The smallest absolute Gasteiger partial charge is 0.254 e. The van der Waals surface area contributed by atoms with Crippen LogP contribution in [0.4, 0.5) is 0 Å². The molecule has 152 valence electrons. The van der Waals surface area contributed by atoms with Crippen LogP contribution in [0.2, 0.25) is 0 Å². The number of benzene rings is 2. The summed E-state index contributed by atoms with van der Waals surface area (Å²) < 4.78 is 12.8. The van der Waals surface area contributed by atoms with Crippen LogP contribution in [0.3, 0.4) is 0 Å². The molecule has 0 fully saturated rings. The molecule has 3 rings (SSSR count). The Bertz CT molecular complexity index is 953. The van der Waals surface area contributed by atoms with Gasteiger partial charge in [-0.15, -0.1) is 0 Å². The Balaban J connectivity index is 1.77. The zero-order valence-corrected chi connectivity index (χ0v) is 17.4. The summed E-state index contributed by atoms with van der Waals surface area (Å²) in [6.45, 7) is 5.89. The maximum absolute atomic E-state index is 13.0. The lowest BCUT2D eigenvalue weighted by atomic mass is 10.1. The molecule has 29 heavy (non-hydrogen) atoms. The van der Waals surface area contributed by atoms with Crippen molar-refractivity contribution in [3.63, 3.8) is 0 Å². The number of carbonyl (C=O) groups excluding carboxylic acids is 1. The molecule has 7 heteroatoms. The molecule has 0 radical (unpaired) electrons. The van der Waals surface area contributed by atoms with E-state index in [4.69, 9.17) is 9.47 Å². The van der Waals surface area contributed by atoms with E-state index in [1.165, 1.54) is 6.33 Å². The lowest BCUT2D eigenvalue weighted by Gasteiger charge is -2.26. The van der Waals surface area contributed by atoms with Crippen LogP contribution in [0.15, 0.2) is 55.1 Å². The van der Waals surface area contributed by atoms with Gasteiger partial charge in [0.25, 0.3) is 5.91 Å². The average molecular weight is 394 g/mol. The SMILES string of the molecule is COc1cc(C(=O)N(C)C(C)c2ccc(-n3cncn3)cc2)ccc1OC(C)C. The van der Waals surface area contributed by atoms with E-state index in [9.17, 15) is 4.79 Å². The standard InChI is InChI=1S/C22H26N4O3/c1-15(2)29-20-11-8-18(12-21(20)28-5)22(27)25(4)16(3)17-6-9-19(10-7-17)26-14-23-13-24-26/h6-16H,1-5H3. The van der Waals surface area contributed by atoms with E-state index in [1.54, 1.807) is 48.3 Å². The van der Waals surface area contributed by atoms with Gasteiger partial charge in [0.1, 0.15) is 12.7 Å². The van der Waals surface area contributed by atoms with Crippen molar-refractivity contribution in [2.24, 2.45) is 0 Å². The van der Waals surface area contributed by atoms with Crippen LogP contribution < -0.4 is 9.47 Å². The minimum atomic E-state index is -0.107. The van der Waals surface area contributed by atoms with Gasteiger partial charge in [-0.3, -0.25) is 4.79 Å². The topological polar surface area (TPSA) is 69.5 Å². The Kier molecular flexibility index (Phi) is 6.16. The Hall–Kier alpha value is -3.35. The monoisotopic (exact) mass is 394 g/mol. The van der Waals surface area contributed by atoms with Gasteiger partial charge in [0.15, 0.2) is 11.5 Å². The second-order valence-electron chi connectivity index (χ2n) is 7.06. The molecule has 1 aromatic heterocycles. The molecular weight excluding hydrogens is 368 g/mol. The Morgan fingerprint density at radius 3 is 2.38 bits per heavy atom. The van der Waals surface area contributed by atoms with Gasteiger partial charge in [-0.2, -0.15) is 5.10 Å². The van der Waals surface area contributed by atoms with Crippen molar-refractivity contribution < 1.29 is 14.3 Å². The number of hydrogen-bond donors (Lipinski definition) is 0. The van der Waals surface area contributed by atoms with Gasteiger partial charge >= 0.3 is 0 Å². The predicted molar refractivity (Wildman–Crippen MR) is 111 cm³/mol. The molecule has 0 aliphatic heterocycles. The average Bonchev–Trinajstić information content (AvgIpc) is 3.27. The highest BCUT2D eigenvalue weighted by Crippen LogP contribution is 2.30. The van der Waals surface area contributed by atoms with E-state index in [-0.39, 0.29) is 18.1 Å². The molecular formula is C22H26N4O3. The van der Waals surface area contributed by atoms with Crippen LogP contribution in [-0.4, -0.2) is 45.8 Å². The molecule has 0 bridgehead atoms. The van der Waals surface area contributed by atoms with Gasteiger partial charge < -0.3 is 14.4 Å². The van der Waals surface area contributed by atoms with Crippen LogP contribution in [0.5, 0.6) is 11.5 Å². The molecule has 1 heterocycles. The van der Waals surface area contributed by atoms with Crippen LogP contribution in [0.1, 0.15) is 42.7 Å². The molecule has 1 atom stereocenters. The van der Waals surface area contributed by atoms with Crippen molar-refractivity contribution in [1.82, 2.24) is 19.7 Å². The largest absolute Gasteiger partial charge is 0.493 e. The van der Waals surface area contributed by atoms with E-state index >= 15 is 0 Å². The van der Waals surface area contributed by atoms with Gasteiger partial charge in [0, 0.05) is 12.6 Å². The Morgan fingerprint density at radius 1 is 1.07 bits per heavy atom. The fourth-order valence-electron chi connectivity index (χ4n) is 3.00. The lowest BCUT2D eigenvalue weighted by molar-refractivity contribution is 0.0742. The van der Waals surface area contributed by atoms with E-state index in [2.05, 4.69) is 10.1 Å². The molecule has 0 saturated heterocycles. The fraction of sp³-hybridized carbons (Fsp3) is 0.318. The number of ether oxygens (including phenoxy) is 2. The number of methoxy groups -OCH3 is 1. The molecule has 0 saturated carbocycles. The van der Waals surface area contributed by atoms with Crippen LogP contribution in [-0.2, 0) is 0 Å². The molecule has 1 unspecified atom stereocenters. The Labute approximate surface area is 170 Å². The first-order valence-electron chi connectivity index (χ1n) is 9.47. The van der Waals surface area contributed by atoms with E-state index < -0.39 is 0 Å². The van der Waals surface area contributed by atoms with E-state index in [0.717, 1.165) is 11.3 Å². The van der Waals surface area contributed by atoms with Gasteiger partial charge in [0.05, 0.1) is 24.9 Å². The molecule has 0 aliphatic rings. The second-order valence-corrected chi connectivity index (χ2v) is 7.06. The van der Waals surface area contributed by atoms with Gasteiger partial charge in [-0.25, -0.2) is 9.67 Å². The highest BCUT2D eigenvalue weighted by Gasteiger charge is 2.21. The van der Waals surface area contributed by atoms with Crippen molar-refractivity contribution in [3.8, 4) is 17.2 Å². The zero-order chi connectivity index (χ0) is 21.0. The molecule has 0 N–H and O–H groups in total. The maximum Gasteiger partial charge on any atom is 0.254 e. The predicted octanol–water partition coefficient (Wildman–Crippen LogP) is 3.90. The highest BCUT2D eigenvalue weighted by molar-refractivity contribution is 5.95. The fourth-order valence-corrected chi connectivity index (χ4v) is 3.00. The van der Waals surface area contributed by atoms with E-state index in [1.807, 2.05) is 45.0 Å². The molecule has 7 nitrogen and oxygen atoms in total. The van der Waals surface area contributed by atoms with Crippen molar-refractivity contribution in [2.45, 2.75) is 32.9 Å². The first-order chi connectivity index (χ1) is 13.9. The first-order valence-corrected chi connectivity index (χ1v) is 9.47. The van der Waals surface area contributed by atoms with Crippen molar-refractivity contribution >= 4 is 5.91 Å². The highest BCUT2D eigenvalue weighted by atomic mass is 16.5. The van der Waals surface area contributed by atoms with Crippen LogP contribution in [0.25, 0.3) is 5.69 Å². The summed E-state index contributed by atoms with van der Waals surface area (Å²) in [7, 11) is 3.36. The normalized spacial score (nSPS) is 11.9. The van der Waals surface area contributed by atoms with Crippen LogP contribution in [0, 0.1) is 0 Å². The number of carbonyl (C=O) groups is 1. The Morgan fingerprint density at radius 2 is 1.79 bits per heavy atom. The molecule has 0 spiro atoms. The van der Waals surface area contributed by atoms with Crippen molar-refractivity contribution in [2.75, 3.05) is 14.2 Å². The lowest BCUT2D eigenvalue weighted by Crippen LogP contribution is -2.29. The maximum atomic E-state index is 13.0. The summed E-state index contributed by atoms with van der Waals surface area (Å²) in [5, 5.41) is 4.12. The summed E-state index contributed by atoms with van der Waals surface area (Å²) in [6.07, 6.45) is 3.16. The molecule has 0 aliphatic carbocycles. The van der Waals surface area contributed by atoms with Gasteiger partial charge in [0.2, 0.25) is 0 Å². The number of rotatable bonds is 7. The number of amides is 1. The molecule has 1 amide bonds. The third-order valence-corrected chi connectivity index (χ3v) is 4.73. The minimum Gasteiger partial charge on any atom is -0.493 e. The number of aromatic nitrogens is 3. The summed E-state index contributed by atoms with van der Waals surface area (Å²) in [4.78, 5) is 18.7. The third kappa shape index (κ3) is 4.56. The summed E-state index contributed by atoms with van der Waals surface area (Å²) in [5.74, 6) is 1.08. The zero-order valence-electron chi connectivity index (χ0n) is 17.4. The summed E-state index contributed by atoms with van der Waals surface area (Å²) >= 11 is 0. The number of nitrogens with zero attached hydrogens (tertiary/aromatic N) is 4. The molecule has 2 aromatic carbocycles. The van der Waals surface area contributed by atoms with Gasteiger partial charge in [-0.05, 0) is 56.7 Å². The molecule has 3 aromatic rings. The second kappa shape index (κ2) is 8.77.